The average molecular weight is 268 g/mol. The van der Waals surface area contributed by atoms with Crippen molar-refractivity contribution in [1.82, 2.24) is 0 Å². The first-order chi connectivity index (χ1) is 9.49. The summed E-state index contributed by atoms with van der Waals surface area (Å²) in [5.74, 6) is 3.85. The second-order valence-corrected chi connectivity index (χ2v) is 8.90. The summed E-state index contributed by atoms with van der Waals surface area (Å²) in [6, 6.07) is 11.5. The van der Waals surface area contributed by atoms with E-state index in [2.05, 4.69) is 51.1 Å². The van der Waals surface area contributed by atoms with Gasteiger partial charge in [-0.15, -0.1) is 0 Å². The SMILES string of the molecule is CC(C)(C)C12C[C@@H]3CC(C[C@@H](C3)C1)C2c1ccccc1. The van der Waals surface area contributed by atoms with Crippen LogP contribution >= 0.6 is 0 Å². The van der Waals surface area contributed by atoms with Crippen molar-refractivity contribution < 1.29 is 0 Å². The second kappa shape index (κ2) is 4.12. The molecule has 4 aliphatic carbocycles. The summed E-state index contributed by atoms with van der Waals surface area (Å²) in [5.41, 5.74) is 2.62. The maximum absolute atomic E-state index is 2.51. The first-order valence-electron chi connectivity index (χ1n) is 8.54. The number of rotatable bonds is 1. The zero-order valence-electron chi connectivity index (χ0n) is 13.2. The Morgan fingerprint density at radius 3 is 2.05 bits per heavy atom. The Labute approximate surface area is 124 Å². The molecule has 5 atom stereocenters. The van der Waals surface area contributed by atoms with Gasteiger partial charge in [0.25, 0.3) is 0 Å². The van der Waals surface area contributed by atoms with E-state index in [-0.39, 0.29) is 0 Å². The van der Waals surface area contributed by atoms with Crippen LogP contribution in [0.15, 0.2) is 30.3 Å². The molecule has 1 aromatic carbocycles. The molecule has 4 fully saturated rings. The molecule has 0 aromatic heterocycles. The third kappa shape index (κ3) is 1.66. The van der Waals surface area contributed by atoms with Crippen molar-refractivity contribution in [2.75, 3.05) is 0 Å². The van der Waals surface area contributed by atoms with Crippen LogP contribution in [0.1, 0.15) is 64.4 Å². The molecule has 0 heterocycles. The molecule has 4 saturated carbocycles. The molecular formula is C20H28. The van der Waals surface area contributed by atoms with Crippen molar-refractivity contribution in [2.45, 2.75) is 58.8 Å². The van der Waals surface area contributed by atoms with E-state index < -0.39 is 0 Å². The molecule has 0 spiro atoms. The summed E-state index contributed by atoms with van der Waals surface area (Å²) < 4.78 is 0. The van der Waals surface area contributed by atoms with Gasteiger partial charge in [0.05, 0.1) is 0 Å². The predicted octanol–water partition coefficient (Wildman–Crippen LogP) is 5.64. The Bertz CT molecular complexity index is 479. The third-order valence-electron chi connectivity index (χ3n) is 6.96. The van der Waals surface area contributed by atoms with Gasteiger partial charge in [-0.3, -0.25) is 0 Å². The minimum atomic E-state index is 0.434. The van der Waals surface area contributed by atoms with E-state index in [0.29, 0.717) is 10.8 Å². The molecule has 0 aliphatic heterocycles. The van der Waals surface area contributed by atoms with Crippen LogP contribution in [0.3, 0.4) is 0 Å². The van der Waals surface area contributed by atoms with Gasteiger partial charge in [0.15, 0.2) is 0 Å². The third-order valence-corrected chi connectivity index (χ3v) is 6.96. The largest absolute Gasteiger partial charge is 0.0622 e. The standard InChI is InChI=1S/C20H28/c1-19(2,3)20-12-14-9-15(13-20)11-17(10-14)18(20)16-7-5-4-6-8-16/h4-8,14-15,17-18H,9-13H2,1-3H3/t14-,15+,17?,18?,20?. The predicted molar refractivity (Wildman–Crippen MR) is 84.6 cm³/mol. The van der Waals surface area contributed by atoms with Crippen LogP contribution in [0.5, 0.6) is 0 Å². The maximum atomic E-state index is 2.51. The summed E-state index contributed by atoms with van der Waals surface area (Å²) in [6.07, 6.45) is 7.53. The highest BCUT2D eigenvalue weighted by molar-refractivity contribution is 5.28. The molecule has 4 bridgehead atoms. The van der Waals surface area contributed by atoms with Gasteiger partial charge in [0.2, 0.25) is 0 Å². The molecule has 1 aromatic rings. The lowest BCUT2D eigenvalue weighted by Crippen LogP contribution is -2.56. The van der Waals surface area contributed by atoms with Crippen molar-refractivity contribution in [3.05, 3.63) is 35.9 Å². The van der Waals surface area contributed by atoms with E-state index in [0.717, 1.165) is 23.7 Å². The van der Waals surface area contributed by atoms with Crippen molar-refractivity contribution >= 4 is 0 Å². The number of hydrogen-bond donors (Lipinski definition) is 0. The molecule has 3 unspecified atom stereocenters. The lowest BCUT2D eigenvalue weighted by Gasteiger charge is -2.66. The summed E-state index contributed by atoms with van der Waals surface area (Å²) >= 11 is 0. The molecule has 5 rings (SSSR count). The van der Waals surface area contributed by atoms with Crippen LogP contribution in [0.2, 0.25) is 0 Å². The monoisotopic (exact) mass is 268 g/mol. The molecule has 0 N–H and O–H groups in total. The van der Waals surface area contributed by atoms with Gasteiger partial charge >= 0.3 is 0 Å². The fraction of sp³-hybridized carbons (Fsp3) is 0.700. The van der Waals surface area contributed by atoms with Crippen LogP contribution in [-0.4, -0.2) is 0 Å². The Morgan fingerprint density at radius 2 is 1.50 bits per heavy atom. The zero-order chi connectivity index (χ0) is 14.0. The van der Waals surface area contributed by atoms with Gasteiger partial charge in [-0.05, 0) is 72.2 Å². The van der Waals surface area contributed by atoms with E-state index in [9.17, 15) is 0 Å². The van der Waals surface area contributed by atoms with Gasteiger partial charge in [0.1, 0.15) is 0 Å². The van der Waals surface area contributed by atoms with E-state index in [1.807, 2.05) is 0 Å². The number of benzene rings is 1. The van der Waals surface area contributed by atoms with Crippen LogP contribution in [0.25, 0.3) is 0 Å². The molecule has 0 heteroatoms. The Morgan fingerprint density at radius 1 is 0.900 bits per heavy atom. The lowest BCUT2D eigenvalue weighted by molar-refractivity contribution is -0.133. The fourth-order valence-corrected chi connectivity index (χ4v) is 6.37. The van der Waals surface area contributed by atoms with Gasteiger partial charge in [-0.1, -0.05) is 51.1 Å². The molecule has 4 aliphatic rings. The van der Waals surface area contributed by atoms with E-state index in [1.54, 1.807) is 5.56 Å². The first-order valence-corrected chi connectivity index (χ1v) is 8.54. The minimum absolute atomic E-state index is 0.434. The molecule has 0 nitrogen and oxygen atoms in total. The van der Waals surface area contributed by atoms with Crippen molar-refractivity contribution in [3.8, 4) is 0 Å². The highest BCUT2D eigenvalue weighted by Crippen LogP contribution is 2.71. The smallest absolute Gasteiger partial charge is 0.00716 e. The van der Waals surface area contributed by atoms with E-state index in [4.69, 9.17) is 0 Å². The Hall–Kier alpha value is -0.780. The fourth-order valence-electron chi connectivity index (χ4n) is 6.37. The Kier molecular flexibility index (Phi) is 2.66. The molecule has 0 radical (unpaired) electrons. The summed E-state index contributed by atoms with van der Waals surface area (Å²) in [6.45, 7) is 7.53. The highest BCUT2D eigenvalue weighted by Gasteiger charge is 2.61. The van der Waals surface area contributed by atoms with Crippen LogP contribution < -0.4 is 0 Å². The normalized spacial score (nSPS) is 43.0. The van der Waals surface area contributed by atoms with Gasteiger partial charge in [-0.25, -0.2) is 0 Å². The minimum Gasteiger partial charge on any atom is -0.0622 e. The van der Waals surface area contributed by atoms with Crippen LogP contribution in [0, 0.1) is 28.6 Å². The molecule has 0 amide bonds. The summed E-state index contributed by atoms with van der Waals surface area (Å²) in [4.78, 5) is 0. The van der Waals surface area contributed by atoms with E-state index in [1.165, 1.54) is 32.1 Å². The van der Waals surface area contributed by atoms with E-state index >= 15 is 0 Å². The Balaban J connectivity index is 1.84. The molecule has 0 saturated heterocycles. The second-order valence-electron chi connectivity index (χ2n) is 8.90. The van der Waals surface area contributed by atoms with Crippen molar-refractivity contribution in [1.29, 1.82) is 0 Å². The number of hydrogen-bond acceptors (Lipinski definition) is 0. The zero-order valence-corrected chi connectivity index (χ0v) is 13.2. The summed E-state index contributed by atoms with van der Waals surface area (Å²) in [7, 11) is 0. The lowest BCUT2D eigenvalue weighted by atomic mass is 9.38. The highest BCUT2D eigenvalue weighted by atomic mass is 14.7. The van der Waals surface area contributed by atoms with Gasteiger partial charge < -0.3 is 0 Å². The van der Waals surface area contributed by atoms with Crippen molar-refractivity contribution in [3.63, 3.8) is 0 Å². The molecule has 108 valence electrons. The first kappa shape index (κ1) is 12.9. The molecular weight excluding hydrogens is 240 g/mol. The topological polar surface area (TPSA) is 0 Å². The summed E-state index contributed by atoms with van der Waals surface area (Å²) in [5, 5.41) is 0. The maximum Gasteiger partial charge on any atom is -0.00716 e. The van der Waals surface area contributed by atoms with Crippen LogP contribution in [0.4, 0.5) is 0 Å². The average Bonchev–Trinajstić information content (AvgIpc) is 2.37. The molecule has 20 heavy (non-hydrogen) atoms. The quantitative estimate of drug-likeness (QED) is 0.618. The van der Waals surface area contributed by atoms with Gasteiger partial charge in [-0.2, -0.15) is 0 Å². The van der Waals surface area contributed by atoms with Gasteiger partial charge in [0, 0.05) is 0 Å². The van der Waals surface area contributed by atoms with Crippen LogP contribution in [-0.2, 0) is 0 Å². The van der Waals surface area contributed by atoms with Crippen molar-refractivity contribution in [2.24, 2.45) is 28.6 Å².